The number of rotatable bonds is 3. The number of carboxylic acids is 1. The van der Waals surface area contributed by atoms with Crippen molar-refractivity contribution in [3.05, 3.63) is 94.5 Å². The molecule has 0 fully saturated rings. The summed E-state index contributed by atoms with van der Waals surface area (Å²) in [5, 5.41) is 13.2. The number of carboxylic acid groups (broad SMARTS) is 1. The summed E-state index contributed by atoms with van der Waals surface area (Å²) in [5.41, 5.74) is 6.19. The Balaban J connectivity index is 1.70. The molecule has 0 bridgehead atoms. The number of ether oxygens (including phenoxy) is 1. The zero-order valence-corrected chi connectivity index (χ0v) is 15.6. The average molecular weight is 371 g/mol. The molecule has 2 N–H and O–H groups in total. The molecule has 0 aromatic heterocycles. The maximum atomic E-state index is 11.6. The van der Waals surface area contributed by atoms with E-state index in [1.807, 2.05) is 30.3 Å². The van der Waals surface area contributed by atoms with Crippen LogP contribution >= 0.6 is 0 Å². The molecule has 2 aliphatic rings. The first-order chi connectivity index (χ1) is 13.7. The van der Waals surface area contributed by atoms with Gasteiger partial charge in [-0.3, -0.25) is 0 Å². The molecule has 3 atom stereocenters. The van der Waals surface area contributed by atoms with E-state index >= 15 is 0 Å². The molecule has 0 amide bonds. The van der Waals surface area contributed by atoms with Crippen molar-refractivity contribution >= 4 is 11.7 Å². The normalized spacial score (nSPS) is 21.8. The van der Waals surface area contributed by atoms with E-state index < -0.39 is 5.97 Å². The minimum Gasteiger partial charge on any atom is -0.496 e. The van der Waals surface area contributed by atoms with Gasteiger partial charge >= 0.3 is 5.97 Å². The molecular weight excluding hydrogens is 350 g/mol. The van der Waals surface area contributed by atoms with Crippen molar-refractivity contribution in [1.29, 1.82) is 0 Å². The summed E-state index contributed by atoms with van der Waals surface area (Å²) in [6.07, 6.45) is 0.952. The largest absolute Gasteiger partial charge is 0.496 e. The number of benzene rings is 3. The lowest BCUT2D eigenvalue weighted by atomic mass is 9.75. The van der Waals surface area contributed by atoms with Crippen molar-refractivity contribution in [2.24, 2.45) is 5.92 Å². The van der Waals surface area contributed by atoms with Gasteiger partial charge < -0.3 is 15.2 Å². The van der Waals surface area contributed by atoms with Crippen LogP contribution < -0.4 is 10.1 Å². The van der Waals surface area contributed by atoms with Crippen molar-refractivity contribution in [2.45, 2.75) is 18.4 Å². The lowest BCUT2D eigenvalue weighted by Crippen LogP contribution is -2.30. The van der Waals surface area contributed by atoms with Gasteiger partial charge in [0, 0.05) is 17.2 Å². The fourth-order valence-electron chi connectivity index (χ4n) is 4.93. The van der Waals surface area contributed by atoms with Crippen molar-refractivity contribution in [3.8, 4) is 5.75 Å². The van der Waals surface area contributed by atoms with Crippen LogP contribution in [-0.4, -0.2) is 18.2 Å². The highest BCUT2D eigenvalue weighted by Gasteiger charge is 2.44. The molecule has 3 aromatic rings. The van der Waals surface area contributed by atoms with Crippen LogP contribution in [-0.2, 0) is 6.42 Å². The van der Waals surface area contributed by atoms with E-state index in [9.17, 15) is 9.90 Å². The van der Waals surface area contributed by atoms with Crippen LogP contribution in [0.25, 0.3) is 0 Å². The zero-order valence-electron chi connectivity index (χ0n) is 15.6. The molecule has 0 unspecified atom stereocenters. The first-order valence-corrected chi connectivity index (χ1v) is 9.52. The quantitative estimate of drug-likeness (QED) is 0.690. The predicted molar refractivity (Wildman–Crippen MR) is 108 cm³/mol. The van der Waals surface area contributed by atoms with Gasteiger partial charge in [0.2, 0.25) is 0 Å². The molecule has 5 rings (SSSR count). The van der Waals surface area contributed by atoms with Gasteiger partial charge in [-0.1, -0.05) is 42.5 Å². The number of fused-ring (bicyclic) bond motifs is 5. The third-order valence-corrected chi connectivity index (χ3v) is 6.12. The Morgan fingerprint density at radius 3 is 2.54 bits per heavy atom. The van der Waals surface area contributed by atoms with Crippen LogP contribution in [0.5, 0.6) is 5.75 Å². The van der Waals surface area contributed by atoms with Gasteiger partial charge in [0.05, 0.1) is 18.7 Å². The molecule has 4 nitrogen and oxygen atoms in total. The third-order valence-electron chi connectivity index (χ3n) is 6.12. The van der Waals surface area contributed by atoms with Gasteiger partial charge in [0.25, 0.3) is 0 Å². The fourth-order valence-corrected chi connectivity index (χ4v) is 4.93. The molecule has 0 saturated carbocycles. The second-order valence-corrected chi connectivity index (χ2v) is 7.52. The first kappa shape index (κ1) is 16.9. The van der Waals surface area contributed by atoms with E-state index in [1.54, 1.807) is 13.2 Å². The molecule has 3 aromatic carbocycles. The zero-order chi connectivity index (χ0) is 19.3. The number of aromatic carboxylic acids is 1. The van der Waals surface area contributed by atoms with Crippen molar-refractivity contribution in [1.82, 2.24) is 0 Å². The maximum Gasteiger partial charge on any atom is 0.335 e. The Kier molecular flexibility index (Phi) is 3.86. The number of hydrogen-bond donors (Lipinski definition) is 2. The first-order valence-electron chi connectivity index (χ1n) is 9.52. The average Bonchev–Trinajstić information content (AvgIpc) is 3.12. The second kappa shape index (κ2) is 6.41. The van der Waals surface area contributed by atoms with Crippen LogP contribution in [0, 0.1) is 5.92 Å². The molecular formula is C24H21NO3. The summed E-state index contributed by atoms with van der Waals surface area (Å²) in [6, 6.07) is 22.2. The van der Waals surface area contributed by atoms with E-state index in [0.29, 0.717) is 11.5 Å². The molecule has 4 heteroatoms. The molecule has 0 radical (unpaired) electrons. The maximum absolute atomic E-state index is 11.6. The van der Waals surface area contributed by atoms with Crippen molar-refractivity contribution in [2.75, 3.05) is 12.4 Å². The summed E-state index contributed by atoms with van der Waals surface area (Å²) >= 11 is 0. The number of methoxy groups -OCH3 is 1. The van der Waals surface area contributed by atoms with Gasteiger partial charge in [0.15, 0.2) is 0 Å². The summed E-state index contributed by atoms with van der Waals surface area (Å²) < 4.78 is 5.64. The van der Waals surface area contributed by atoms with E-state index in [4.69, 9.17) is 4.74 Å². The van der Waals surface area contributed by atoms with Crippen LogP contribution in [0.15, 0.2) is 66.7 Å². The number of nitrogens with one attached hydrogen (secondary N) is 1. The highest BCUT2D eigenvalue weighted by Crippen LogP contribution is 2.54. The summed E-state index contributed by atoms with van der Waals surface area (Å²) in [7, 11) is 1.70. The van der Waals surface area contributed by atoms with Crippen molar-refractivity contribution < 1.29 is 14.6 Å². The molecule has 140 valence electrons. The summed E-state index contributed by atoms with van der Waals surface area (Å²) in [5.74, 6) is 0.449. The Morgan fingerprint density at radius 1 is 1.00 bits per heavy atom. The van der Waals surface area contributed by atoms with Gasteiger partial charge in [-0.05, 0) is 53.3 Å². The minimum absolute atomic E-state index is 0.0942. The van der Waals surface area contributed by atoms with Gasteiger partial charge in [-0.15, -0.1) is 0 Å². The van der Waals surface area contributed by atoms with E-state index in [1.165, 1.54) is 11.1 Å². The van der Waals surface area contributed by atoms with Crippen molar-refractivity contribution in [3.63, 3.8) is 0 Å². The molecule has 1 heterocycles. The number of carbonyl (C=O) groups is 1. The van der Waals surface area contributed by atoms with Gasteiger partial charge in [-0.2, -0.15) is 0 Å². The van der Waals surface area contributed by atoms with Crippen LogP contribution in [0.4, 0.5) is 5.69 Å². The predicted octanol–water partition coefficient (Wildman–Crippen LogP) is 4.86. The Morgan fingerprint density at radius 2 is 1.75 bits per heavy atom. The van der Waals surface area contributed by atoms with Gasteiger partial charge in [0.1, 0.15) is 5.75 Å². The number of para-hydroxylation sites is 1. The standard InChI is InChI=1S/C24H21NO3/c1-28-21-9-5-4-8-17(21)23-19-12-14-6-2-3-7-16(14)22(19)18-13-15(24(26)27)10-11-20(18)25-23/h2-11,13,19,22-23,25H,12H2,1H3,(H,26,27)/t19-,22-,23+/m1/s1. The fraction of sp³-hybridized carbons (Fsp3) is 0.208. The molecule has 28 heavy (non-hydrogen) atoms. The van der Waals surface area contributed by atoms with E-state index in [2.05, 4.69) is 35.6 Å². The Hall–Kier alpha value is -3.27. The smallest absolute Gasteiger partial charge is 0.335 e. The third kappa shape index (κ3) is 2.48. The molecule has 0 spiro atoms. The number of anilines is 1. The minimum atomic E-state index is -0.891. The van der Waals surface area contributed by atoms with Crippen LogP contribution in [0.2, 0.25) is 0 Å². The van der Waals surface area contributed by atoms with E-state index in [-0.39, 0.29) is 12.0 Å². The lowest BCUT2D eigenvalue weighted by Gasteiger charge is -2.38. The topological polar surface area (TPSA) is 58.6 Å². The monoisotopic (exact) mass is 371 g/mol. The summed E-state index contributed by atoms with van der Waals surface area (Å²) in [4.78, 5) is 11.6. The Labute approximate surface area is 163 Å². The lowest BCUT2D eigenvalue weighted by molar-refractivity contribution is 0.0696. The van der Waals surface area contributed by atoms with Gasteiger partial charge in [-0.25, -0.2) is 4.79 Å². The Bertz CT molecular complexity index is 1070. The SMILES string of the molecule is COc1ccccc1[C@@H]1Nc2ccc(C(=O)O)cc2[C@H]2c3ccccc3C[C@H]21. The second-order valence-electron chi connectivity index (χ2n) is 7.52. The molecule has 1 aliphatic carbocycles. The van der Waals surface area contributed by atoms with Crippen LogP contribution in [0.3, 0.4) is 0 Å². The van der Waals surface area contributed by atoms with E-state index in [0.717, 1.165) is 29.0 Å². The molecule has 0 saturated heterocycles. The van der Waals surface area contributed by atoms with Crippen LogP contribution in [0.1, 0.15) is 44.6 Å². The number of hydrogen-bond acceptors (Lipinski definition) is 3. The molecule has 1 aliphatic heterocycles. The highest BCUT2D eigenvalue weighted by molar-refractivity contribution is 5.89. The summed E-state index contributed by atoms with van der Waals surface area (Å²) in [6.45, 7) is 0. The highest BCUT2D eigenvalue weighted by atomic mass is 16.5.